The Bertz CT molecular complexity index is 829. The molecule has 1 saturated heterocycles. The molecule has 5 nitrogen and oxygen atoms in total. The number of hydrogen-bond donors (Lipinski definition) is 1. The normalized spacial score (nSPS) is 15.2. The van der Waals surface area contributed by atoms with E-state index in [0.717, 1.165) is 24.8 Å². The van der Waals surface area contributed by atoms with Crippen LogP contribution in [0.5, 0.6) is 0 Å². The van der Waals surface area contributed by atoms with E-state index in [1.165, 1.54) is 10.4 Å². The lowest BCUT2D eigenvalue weighted by Gasteiger charge is -2.16. The summed E-state index contributed by atoms with van der Waals surface area (Å²) >= 11 is 0. The van der Waals surface area contributed by atoms with Gasteiger partial charge in [0, 0.05) is 25.2 Å². The standard InChI is InChI=1S/C19H22N2O3S/c22-19(20-12-11-16-7-2-1-3-8-16)17-9-6-10-18(15-17)25(23,24)21-13-4-5-14-21/h1-3,6-10,15H,4-5,11-14H2,(H,20,22). The summed E-state index contributed by atoms with van der Waals surface area (Å²) in [6.45, 7) is 1.61. The molecule has 2 aromatic carbocycles. The molecule has 1 heterocycles. The van der Waals surface area contributed by atoms with Crippen molar-refractivity contribution in [3.05, 3.63) is 65.7 Å². The first-order valence-corrected chi connectivity index (χ1v) is 9.94. The molecule has 0 aromatic heterocycles. The summed E-state index contributed by atoms with van der Waals surface area (Å²) in [4.78, 5) is 12.5. The number of benzene rings is 2. The molecule has 1 aliphatic heterocycles. The molecular weight excluding hydrogens is 336 g/mol. The van der Waals surface area contributed by atoms with Gasteiger partial charge in [0.05, 0.1) is 4.90 Å². The van der Waals surface area contributed by atoms with E-state index < -0.39 is 10.0 Å². The number of carbonyl (C=O) groups excluding carboxylic acids is 1. The van der Waals surface area contributed by atoms with Gasteiger partial charge in [-0.3, -0.25) is 4.79 Å². The highest BCUT2D eigenvalue weighted by molar-refractivity contribution is 7.89. The third-order valence-electron chi connectivity index (χ3n) is 4.34. The predicted molar refractivity (Wildman–Crippen MR) is 96.9 cm³/mol. The molecule has 0 aliphatic carbocycles. The molecule has 0 unspecified atom stereocenters. The number of carbonyl (C=O) groups is 1. The maximum atomic E-state index is 12.6. The fourth-order valence-electron chi connectivity index (χ4n) is 2.94. The van der Waals surface area contributed by atoms with Gasteiger partial charge >= 0.3 is 0 Å². The fraction of sp³-hybridized carbons (Fsp3) is 0.316. The zero-order chi connectivity index (χ0) is 17.7. The van der Waals surface area contributed by atoms with Crippen LogP contribution in [0.1, 0.15) is 28.8 Å². The Kier molecular flexibility index (Phi) is 5.50. The first-order valence-electron chi connectivity index (χ1n) is 8.50. The van der Waals surface area contributed by atoms with E-state index in [0.29, 0.717) is 25.2 Å². The molecule has 0 radical (unpaired) electrons. The molecule has 132 valence electrons. The van der Waals surface area contributed by atoms with Crippen LogP contribution in [-0.2, 0) is 16.4 Å². The summed E-state index contributed by atoms with van der Waals surface area (Å²) in [6, 6.07) is 16.2. The van der Waals surface area contributed by atoms with Crippen LogP contribution in [0.3, 0.4) is 0 Å². The van der Waals surface area contributed by atoms with E-state index in [1.54, 1.807) is 18.2 Å². The lowest BCUT2D eigenvalue weighted by molar-refractivity contribution is 0.0954. The first-order chi connectivity index (χ1) is 12.1. The zero-order valence-electron chi connectivity index (χ0n) is 14.0. The molecule has 2 aromatic rings. The number of nitrogens with zero attached hydrogens (tertiary/aromatic N) is 1. The summed E-state index contributed by atoms with van der Waals surface area (Å²) in [6.07, 6.45) is 2.51. The molecule has 1 fully saturated rings. The van der Waals surface area contributed by atoms with Crippen LogP contribution in [0.15, 0.2) is 59.5 Å². The van der Waals surface area contributed by atoms with Crippen molar-refractivity contribution in [2.75, 3.05) is 19.6 Å². The van der Waals surface area contributed by atoms with Crippen molar-refractivity contribution in [3.8, 4) is 0 Å². The van der Waals surface area contributed by atoms with Gasteiger partial charge in [-0.15, -0.1) is 0 Å². The second kappa shape index (κ2) is 7.80. The highest BCUT2D eigenvalue weighted by Gasteiger charge is 2.27. The molecule has 0 spiro atoms. The van der Waals surface area contributed by atoms with Gasteiger partial charge in [-0.25, -0.2) is 8.42 Å². The Morgan fingerprint density at radius 2 is 1.72 bits per heavy atom. The molecule has 0 bridgehead atoms. The predicted octanol–water partition coefficient (Wildman–Crippen LogP) is 2.44. The molecule has 1 amide bonds. The number of amides is 1. The summed E-state index contributed by atoms with van der Waals surface area (Å²) in [5.74, 6) is -0.255. The molecular formula is C19H22N2O3S. The van der Waals surface area contributed by atoms with Crippen LogP contribution in [0.25, 0.3) is 0 Å². The maximum Gasteiger partial charge on any atom is 0.251 e. The van der Waals surface area contributed by atoms with Crippen molar-refractivity contribution >= 4 is 15.9 Å². The second-order valence-corrected chi connectivity index (χ2v) is 8.07. The molecule has 6 heteroatoms. The number of hydrogen-bond acceptors (Lipinski definition) is 3. The third kappa shape index (κ3) is 4.27. The summed E-state index contributed by atoms with van der Waals surface area (Å²) in [5.41, 5.74) is 1.52. The molecule has 0 atom stereocenters. The minimum Gasteiger partial charge on any atom is -0.352 e. The minimum atomic E-state index is -3.50. The van der Waals surface area contributed by atoms with Crippen LogP contribution < -0.4 is 5.32 Å². The number of nitrogens with one attached hydrogen (secondary N) is 1. The van der Waals surface area contributed by atoms with Gasteiger partial charge in [-0.05, 0) is 43.0 Å². The average Bonchev–Trinajstić information content (AvgIpc) is 3.18. The highest BCUT2D eigenvalue weighted by Crippen LogP contribution is 2.21. The van der Waals surface area contributed by atoms with Crippen molar-refractivity contribution in [1.82, 2.24) is 9.62 Å². The Labute approximate surface area is 148 Å². The highest BCUT2D eigenvalue weighted by atomic mass is 32.2. The van der Waals surface area contributed by atoms with Gasteiger partial charge in [-0.2, -0.15) is 4.31 Å². The first kappa shape index (κ1) is 17.6. The topological polar surface area (TPSA) is 66.5 Å². The van der Waals surface area contributed by atoms with Gasteiger partial charge in [0.1, 0.15) is 0 Å². The van der Waals surface area contributed by atoms with Crippen LogP contribution in [0.2, 0.25) is 0 Å². The SMILES string of the molecule is O=C(NCCc1ccccc1)c1cccc(S(=O)(=O)N2CCCC2)c1. The van der Waals surface area contributed by atoms with E-state index in [9.17, 15) is 13.2 Å². The van der Waals surface area contributed by atoms with Crippen molar-refractivity contribution < 1.29 is 13.2 Å². The third-order valence-corrected chi connectivity index (χ3v) is 6.24. The van der Waals surface area contributed by atoms with Crippen LogP contribution in [0, 0.1) is 0 Å². The van der Waals surface area contributed by atoms with Crippen LogP contribution >= 0.6 is 0 Å². The van der Waals surface area contributed by atoms with Crippen molar-refractivity contribution in [1.29, 1.82) is 0 Å². The number of rotatable bonds is 6. The van der Waals surface area contributed by atoms with Gasteiger partial charge < -0.3 is 5.32 Å². The van der Waals surface area contributed by atoms with E-state index in [-0.39, 0.29) is 10.8 Å². The van der Waals surface area contributed by atoms with E-state index in [4.69, 9.17) is 0 Å². The molecule has 0 saturated carbocycles. The smallest absolute Gasteiger partial charge is 0.251 e. The Morgan fingerprint density at radius 1 is 1.00 bits per heavy atom. The molecule has 1 aliphatic rings. The average molecular weight is 358 g/mol. The summed E-state index contributed by atoms with van der Waals surface area (Å²) in [5, 5.41) is 2.85. The van der Waals surface area contributed by atoms with Crippen molar-refractivity contribution in [2.45, 2.75) is 24.2 Å². The van der Waals surface area contributed by atoms with Crippen molar-refractivity contribution in [2.24, 2.45) is 0 Å². The van der Waals surface area contributed by atoms with Crippen molar-refractivity contribution in [3.63, 3.8) is 0 Å². The van der Waals surface area contributed by atoms with Gasteiger partial charge in [0.15, 0.2) is 0 Å². The van der Waals surface area contributed by atoms with Gasteiger partial charge in [0.2, 0.25) is 10.0 Å². The molecule has 3 rings (SSSR count). The summed E-state index contributed by atoms with van der Waals surface area (Å²) < 4.78 is 26.7. The van der Waals surface area contributed by atoms with E-state index >= 15 is 0 Å². The Morgan fingerprint density at radius 3 is 2.44 bits per heavy atom. The Balaban J connectivity index is 1.65. The number of sulfonamides is 1. The zero-order valence-corrected chi connectivity index (χ0v) is 14.8. The van der Waals surface area contributed by atoms with Crippen LogP contribution in [0.4, 0.5) is 0 Å². The lowest BCUT2D eigenvalue weighted by Crippen LogP contribution is -2.29. The second-order valence-electron chi connectivity index (χ2n) is 6.13. The van der Waals surface area contributed by atoms with Gasteiger partial charge in [0.25, 0.3) is 5.91 Å². The quantitative estimate of drug-likeness (QED) is 0.862. The maximum absolute atomic E-state index is 12.6. The summed E-state index contributed by atoms with van der Waals surface area (Å²) in [7, 11) is -3.50. The molecule has 25 heavy (non-hydrogen) atoms. The largest absolute Gasteiger partial charge is 0.352 e. The van der Waals surface area contributed by atoms with E-state index in [1.807, 2.05) is 30.3 Å². The molecule has 1 N–H and O–H groups in total. The van der Waals surface area contributed by atoms with E-state index in [2.05, 4.69) is 5.32 Å². The fourth-order valence-corrected chi connectivity index (χ4v) is 4.51. The van der Waals surface area contributed by atoms with Gasteiger partial charge in [-0.1, -0.05) is 36.4 Å². The minimum absolute atomic E-state index is 0.185. The lowest BCUT2D eigenvalue weighted by atomic mass is 10.1. The van der Waals surface area contributed by atoms with Crippen LogP contribution in [-0.4, -0.2) is 38.3 Å². The monoisotopic (exact) mass is 358 g/mol. The Hall–Kier alpha value is -2.18.